The fourth-order valence-corrected chi connectivity index (χ4v) is 4.28. The van der Waals surface area contributed by atoms with Crippen LogP contribution in [-0.4, -0.2) is 47.1 Å². The Morgan fingerprint density at radius 3 is 2.16 bits per heavy atom. The summed E-state index contributed by atoms with van der Waals surface area (Å²) in [5.74, 6) is 0. The van der Waals surface area contributed by atoms with E-state index in [0.29, 0.717) is 6.04 Å². The highest BCUT2D eigenvalue weighted by Crippen LogP contribution is 2.26. The van der Waals surface area contributed by atoms with E-state index < -0.39 is 0 Å². The summed E-state index contributed by atoms with van der Waals surface area (Å²) < 4.78 is 0. The van der Waals surface area contributed by atoms with Gasteiger partial charge >= 0.3 is 0 Å². The number of hydrogen-bond acceptors (Lipinski definition) is 2. The second-order valence-electron chi connectivity index (χ2n) is 7.10. The Labute approximate surface area is 155 Å². The Morgan fingerprint density at radius 1 is 0.920 bits per heavy atom. The number of thiocarbonyl (C=S) groups is 1. The minimum Gasteiger partial charge on any atom is -0.346 e. The number of nitrogens with zero attached hydrogens (tertiary/aromatic N) is 2. The molecule has 0 spiro atoms. The molecule has 3 nitrogen and oxygen atoms in total. The fourth-order valence-electron chi connectivity index (χ4n) is 3.99. The van der Waals surface area contributed by atoms with Gasteiger partial charge in [-0.05, 0) is 54.7 Å². The Kier molecular flexibility index (Phi) is 4.73. The van der Waals surface area contributed by atoms with Gasteiger partial charge in [-0.15, -0.1) is 0 Å². The van der Waals surface area contributed by atoms with E-state index in [1.807, 2.05) is 6.07 Å². The maximum atomic E-state index is 5.64. The summed E-state index contributed by atoms with van der Waals surface area (Å²) >= 11 is 5.64. The molecule has 1 heterocycles. The summed E-state index contributed by atoms with van der Waals surface area (Å²) in [7, 11) is 0. The third kappa shape index (κ3) is 3.55. The summed E-state index contributed by atoms with van der Waals surface area (Å²) in [4.78, 5) is 4.95. The van der Waals surface area contributed by atoms with Crippen LogP contribution in [0.3, 0.4) is 0 Å². The molecule has 4 heteroatoms. The zero-order valence-corrected chi connectivity index (χ0v) is 15.6. The molecule has 1 saturated heterocycles. The van der Waals surface area contributed by atoms with Crippen molar-refractivity contribution < 1.29 is 0 Å². The van der Waals surface area contributed by atoms with E-state index in [2.05, 4.69) is 64.5 Å². The molecule has 0 amide bonds. The summed E-state index contributed by atoms with van der Waals surface area (Å²) in [6, 6.07) is 17.9. The first-order valence-electron chi connectivity index (χ1n) is 9.13. The molecular weight excluding hydrogens is 326 g/mol. The van der Waals surface area contributed by atoms with Gasteiger partial charge in [0.1, 0.15) is 0 Å². The van der Waals surface area contributed by atoms with Gasteiger partial charge in [0.05, 0.1) is 0 Å². The minimum atomic E-state index is 0.664. The SMILES string of the molecule is Cc1ccccc1NC(=S)N1CCN(C2Cc3ccccc3C2)CC1. The van der Waals surface area contributed by atoms with Crippen LogP contribution in [0.25, 0.3) is 0 Å². The van der Waals surface area contributed by atoms with Crippen molar-refractivity contribution in [3.63, 3.8) is 0 Å². The third-order valence-electron chi connectivity index (χ3n) is 5.53. The van der Waals surface area contributed by atoms with Gasteiger partial charge in [-0.2, -0.15) is 0 Å². The lowest BCUT2D eigenvalue weighted by Crippen LogP contribution is -2.53. The van der Waals surface area contributed by atoms with Crippen molar-refractivity contribution in [3.05, 3.63) is 65.2 Å². The van der Waals surface area contributed by atoms with Crippen LogP contribution >= 0.6 is 12.2 Å². The zero-order chi connectivity index (χ0) is 17.2. The van der Waals surface area contributed by atoms with Crippen LogP contribution in [0.1, 0.15) is 16.7 Å². The van der Waals surface area contributed by atoms with E-state index >= 15 is 0 Å². The largest absolute Gasteiger partial charge is 0.346 e. The van der Waals surface area contributed by atoms with E-state index in [1.165, 1.54) is 29.5 Å². The van der Waals surface area contributed by atoms with Gasteiger partial charge in [0.15, 0.2) is 5.11 Å². The lowest BCUT2D eigenvalue weighted by atomic mass is 10.1. The first kappa shape index (κ1) is 16.6. The first-order valence-corrected chi connectivity index (χ1v) is 9.54. The highest BCUT2D eigenvalue weighted by molar-refractivity contribution is 7.80. The molecule has 1 fully saturated rings. The van der Waals surface area contributed by atoms with Gasteiger partial charge < -0.3 is 10.2 Å². The van der Waals surface area contributed by atoms with Gasteiger partial charge in [0.2, 0.25) is 0 Å². The molecule has 0 radical (unpaired) electrons. The number of rotatable bonds is 2. The average molecular weight is 352 g/mol. The van der Waals surface area contributed by atoms with Crippen molar-refractivity contribution in [2.45, 2.75) is 25.8 Å². The lowest BCUT2D eigenvalue weighted by Gasteiger charge is -2.39. The number of piperazine rings is 1. The van der Waals surface area contributed by atoms with Crippen LogP contribution in [0.15, 0.2) is 48.5 Å². The second-order valence-corrected chi connectivity index (χ2v) is 7.49. The van der Waals surface area contributed by atoms with Crippen LogP contribution < -0.4 is 5.32 Å². The number of hydrogen-bond donors (Lipinski definition) is 1. The van der Waals surface area contributed by atoms with Crippen molar-refractivity contribution in [2.75, 3.05) is 31.5 Å². The number of aryl methyl sites for hydroxylation is 1. The summed E-state index contributed by atoms with van der Waals surface area (Å²) in [5, 5.41) is 4.27. The van der Waals surface area contributed by atoms with Crippen molar-refractivity contribution in [1.29, 1.82) is 0 Å². The van der Waals surface area contributed by atoms with Crippen molar-refractivity contribution in [2.24, 2.45) is 0 Å². The Balaban J connectivity index is 1.32. The number of nitrogens with one attached hydrogen (secondary N) is 1. The van der Waals surface area contributed by atoms with E-state index in [-0.39, 0.29) is 0 Å². The Bertz CT molecular complexity index is 740. The van der Waals surface area contributed by atoms with Gasteiger partial charge in [0.25, 0.3) is 0 Å². The molecule has 2 aliphatic rings. The van der Waals surface area contributed by atoms with Gasteiger partial charge in [-0.25, -0.2) is 0 Å². The molecule has 1 N–H and O–H groups in total. The minimum absolute atomic E-state index is 0.664. The molecule has 25 heavy (non-hydrogen) atoms. The predicted molar refractivity (Wildman–Crippen MR) is 108 cm³/mol. The van der Waals surface area contributed by atoms with E-state index in [1.54, 1.807) is 0 Å². The lowest BCUT2D eigenvalue weighted by molar-refractivity contribution is 0.137. The molecular formula is C21H25N3S. The van der Waals surface area contributed by atoms with E-state index in [4.69, 9.17) is 12.2 Å². The molecule has 0 aromatic heterocycles. The number of fused-ring (bicyclic) bond motifs is 1. The van der Waals surface area contributed by atoms with Crippen LogP contribution in [0.2, 0.25) is 0 Å². The molecule has 4 rings (SSSR count). The molecule has 0 saturated carbocycles. The molecule has 0 bridgehead atoms. The van der Waals surface area contributed by atoms with E-state index in [9.17, 15) is 0 Å². The van der Waals surface area contributed by atoms with Crippen LogP contribution in [0.4, 0.5) is 5.69 Å². The summed E-state index contributed by atoms with van der Waals surface area (Å²) in [5.41, 5.74) is 5.41. The average Bonchev–Trinajstić information content (AvgIpc) is 3.08. The van der Waals surface area contributed by atoms with Crippen LogP contribution in [0, 0.1) is 6.92 Å². The standard InChI is InChI=1S/C21H25N3S/c1-16-6-2-5-9-20(16)22-21(25)24-12-10-23(11-13-24)19-14-17-7-3-4-8-18(17)15-19/h2-9,19H,10-15H2,1H3,(H,22,25). The summed E-state index contributed by atoms with van der Waals surface area (Å²) in [6.07, 6.45) is 2.39. The number of para-hydroxylation sites is 1. The van der Waals surface area contributed by atoms with Crippen molar-refractivity contribution in [3.8, 4) is 0 Å². The quantitative estimate of drug-likeness (QED) is 0.835. The predicted octanol–water partition coefficient (Wildman–Crippen LogP) is 3.48. The molecule has 130 valence electrons. The molecule has 0 unspecified atom stereocenters. The van der Waals surface area contributed by atoms with Gasteiger partial charge in [-0.1, -0.05) is 42.5 Å². The highest BCUT2D eigenvalue weighted by Gasteiger charge is 2.29. The number of anilines is 1. The molecule has 1 aliphatic heterocycles. The van der Waals surface area contributed by atoms with Crippen molar-refractivity contribution in [1.82, 2.24) is 9.80 Å². The van der Waals surface area contributed by atoms with Crippen molar-refractivity contribution >= 4 is 23.0 Å². The fraction of sp³-hybridized carbons (Fsp3) is 0.381. The normalized spacial score (nSPS) is 18.2. The van der Waals surface area contributed by atoms with Crippen LogP contribution in [0.5, 0.6) is 0 Å². The second kappa shape index (κ2) is 7.14. The summed E-state index contributed by atoms with van der Waals surface area (Å²) in [6.45, 7) is 6.30. The molecule has 2 aromatic carbocycles. The van der Waals surface area contributed by atoms with Gasteiger partial charge in [-0.3, -0.25) is 4.90 Å². The van der Waals surface area contributed by atoms with E-state index in [0.717, 1.165) is 37.0 Å². The maximum Gasteiger partial charge on any atom is 0.173 e. The zero-order valence-electron chi connectivity index (χ0n) is 14.7. The van der Waals surface area contributed by atoms with Crippen LogP contribution in [-0.2, 0) is 12.8 Å². The Morgan fingerprint density at radius 2 is 1.52 bits per heavy atom. The third-order valence-corrected chi connectivity index (χ3v) is 5.89. The molecule has 2 aromatic rings. The highest BCUT2D eigenvalue weighted by atomic mass is 32.1. The smallest absolute Gasteiger partial charge is 0.173 e. The first-order chi connectivity index (χ1) is 12.2. The Hall–Kier alpha value is -1.91. The number of benzene rings is 2. The molecule has 1 aliphatic carbocycles. The monoisotopic (exact) mass is 351 g/mol. The molecule has 0 atom stereocenters. The van der Waals surface area contributed by atoms with Gasteiger partial charge in [0, 0.05) is 37.9 Å². The maximum absolute atomic E-state index is 5.64. The topological polar surface area (TPSA) is 18.5 Å².